The van der Waals surface area contributed by atoms with E-state index in [9.17, 15) is 9.90 Å². The third-order valence-electron chi connectivity index (χ3n) is 5.17. The number of phenols is 1. The molecule has 2 aromatic rings. The van der Waals surface area contributed by atoms with Gasteiger partial charge in [-0.05, 0) is 33.5 Å². The number of ether oxygens (including phenoxy) is 1. The van der Waals surface area contributed by atoms with Gasteiger partial charge >= 0.3 is 0 Å². The summed E-state index contributed by atoms with van der Waals surface area (Å²) < 4.78 is 7.60. The van der Waals surface area contributed by atoms with Crippen LogP contribution < -0.4 is 9.24 Å². The Labute approximate surface area is 181 Å². The van der Waals surface area contributed by atoms with Crippen molar-refractivity contribution in [2.45, 2.75) is 78.8 Å². The molecule has 0 spiro atoms. The smallest absolute Gasteiger partial charge is 0.172 e. The van der Waals surface area contributed by atoms with Gasteiger partial charge in [0.2, 0.25) is 0 Å². The average Bonchev–Trinajstić information content (AvgIpc) is 3.09. The number of hydrogen-bond acceptors (Lipinski definition) is 4. The normalized spacial score (nSPS) is 12.9. The molecule has 0 unspecified atom stereocenters. The molecule has 160 valence electrons. The quantitative estimate of drug-likeness (QED) is 0.438. The molecule has 29 heavy (non-hydrogen) atoms. The first-order valence-corrected chi connectivity index (χ1v) is 14.3. The number of ketones is 1. The number of carbonyl (C=O) groups is 1. The lowest BCUT2D eigenvalue weighted by Crippen LogP contribution is -2.45. The van der Waals surface area contributed by atoms with Gasteiger partial charge in [-0.1, -0.05) is 67.6 Å². The molecule has 3 nitrogen and oxygen atoms in total. The van der Waals surface area contributed by atoms with Crippen molar-refractivity contribution in [3.63, 3.8) is 0 Å². The number of rotatable bonds is 6. The predicted octanol–water partition coefficient (Wildman–Crippen LogP) is 6.18. The van der Waals surface area contributed by atoms with Gasteiger partial charge in [0.15, 0.2) is 5.78 Å². The summed E-state index contributed by atoms with van der Waals surface area (Å²) in [5.74, 6) is 1.38. The van der Waals surface area contributed by atoms with Crippen LogP contribution in [0.2, 0.25) is 13.1 Å². The van der Waals surface area contributed by atoms with Crippen LogP contribution >= 0.6 is 11.3 Å². The molecule has 5 heteroatoms. The summed E-state index contributed by atoms with van der Waals surface area (Å²) in [6.45, 7) is 19.1. The summed E-state index contributed by atoms with van der Waals surface area (Å²) in [6, 6.07) is 8.02. The molecule has 0 aliphatic rings. The van der Waals surface area contributed by atoms with E-state index in [2.05, 4.69) is 60.7 Å². The standard InChI is InChI=1S/C24H36O3SSi/c1-10-19(25)20-11-12-21(28-20)29(8,9)15-27-16-13-17(23(2,3)4)22(26)18(14-16)24(5,6)7/h11-14,26H,10,15H2,1-9H3. The first-order chi connectivity index (χ1) is 13.2. The Balaban J connectivity index is 2.34. The number of aromatic hydroxyl groups is 1. The SMILES string of the molecule is CCC(=O)c1ccc([Si](C)(C)COc2cc(C(C)(C)C)c(O)c(C(C)(C)C)c2)s1. The lowest BCUT2D eigenvalue weighted by molar-refractivity contribution is 0.0992. The fourth-order valence-electron chi connectivity index (χ4n) is 3.20. The Kier molecular flexibility index (Phi) is 6.75. The van der Waals surface area contributed by atoms with Crippen LogP contribution in [0.25, 0.3) is 0 Å². The van der Waals surface area contributed by atoms with Gasteiger partial charge in [0, 0.05) is 17.5 Å². The summed E-state index contributed by atoms with van der Waals surface area (Å²) in [5, 5.41) is 10.9. The highest BCUT2D eigenvalue weighted by Gasteiger charge is 2.30. The maximum Gasteiger partial charge on any atom is 0.172 e. The van der Waals surface area contributed by atoms with Crippen molar-refractivity contribution < 1.29 is 14.6 Å². The average molecular weight is 433 g/mol. The molecule has 1 aromatic heterocycles. The summed E-state index contributed by atoms with van der Waals surface area (Å²) >= 11 is 1.62. The van der Waals surface area contributed by atoms with Gasteiger partial charge in [-0.3, -0.25) is 4.79 Å². The minimum atomic E-state index is -1.86. The molecule has 0 saturated carbocycles. The second kappa shape index (κ2) is 8.27. The zero-order chi connectivity index (χ0) is 22.2. The van der Waals surface area contributed by atoms with E-state index in [0.717, 1.165) is 21.8 Å². The molecule has 1 N–H and O–H groups in total. The van der Waals surface area contributed by atoms with Crippen molar-refractivity contribution in [1.29, 1.82) is 0 Å². The van der Waals surface area contributed by atoms with E-state index in [1.165, 1.54) is 4.50 Å². The second-order valence-electron chi connectivity index (χ2n) is 10.5. The molecule has 2 rings (SSSR count). The van der Waals surface area contributed by atoms with E-state index in [1.54, 1.807) is 11.3 Å². The van der Waals surface area contributed by atoms with E-state index in [1.807, 2.05) is 25.1 Å². The molecule has 1 heterocycles. The number of thiophene rings is 1. The molecule has 1 aromatic carbocycles. The molecule has 0 atom stereocenters. The first kappa shape index (κ1) is 23.7. The van der Waals surface area contributed by atoms with E-state index in [-0.39, 0.29) is 16.6 Å². The fraction of sp³-hybridized carbons (Fsp3) is 0.542. The van der Waals surface area contributed by atoms with Gasteiger partial charge in [-0.2, -0.15) is 0 Å². The second-order valence-corrected chi connectivity index (χ2v) is 16.5. The van der Waals surface area contributed by atoms with Crippen LogP contribution in [0.3, 0.4) is 0 Å². The number of Topliss-reactive ketones (excluding diaryl/α,β-unsaturated/α-hetero) is 1. The van der Waals surface area contributed by atoms with Crippen LogP contribution in [0.4, 0.5) is 0 Å². The Morgan fingerprint density at radius 3 is 2.00 bits per heavy atom. The topological polar surface area (TPSA) is 46.5 Å². The van der Waals surface area contributed by atoms with Crippen LogP contribution in [0.5, 0.6) is 11.5 Å². The van der Waals surface area contributed by atoms with Crippen molar-refractivity contribution in [2.75, 3.05) is 6.23 Å². The third kappa shape index (κ3) is 5.52. The largest absolute Gasteiger partial charge is 0.507 e. The molecule has 0 aliphatic carbocycles. The Bertz CT molecular complexity index is 847. The fourth-order valence-corrected chi connectivity index (χ4v) is 6.78. The van der Waals surface area contributed by atoms with Crippen LogP contribution in [-0.2, 0) is 10.8 Å². The minimum absolute atomic E-state index is 0.181. The maximum absolute atomic E-state index is 12.0. The van der Waals surface area contributed by atoms with Crippen LogP contribution in [0.1, 0.15) is 75.7 Å². The highest BCUT2D eigenvalue weighted by molar-refractivity contribution is 7.27. The molecular weight excluding hydrogens is 396 g/mol. The number of phenolic OH excluding ortho intramolecular Hbond substituents is 1. The van der Waals surface area contributed by atoms with Gasteiger partial charge in [0.1, 0.15) is 19.6 Å². The Morgan fingerprint density at radius 1 is 1.03 bits per heavy atom. The highest BCUT2D eigenvalue weighted by Crippen LogP contribution is 2.41. The summed E-state index contributed by atoms with van der Waals surface area (Å²) in [6.07, 6.45) is 1.17. The van der Waals surface area contributed by atoms with Crippen LogP contribution in [-0.4, -0.2) is 25.2 Å². The van der Waals surface area contributed by atoms with Crippen LogP contribution in [0.15, 0.2) is 24.3 Å². The number of carbonyl (C=O) groups excluding carboxylic acids is 1. The van der Waals surface area contributed by atoms with Gasteiger partial charge in [0.25, 0.3) is 0 Å². The van der Waals surface area contributed by atoms with Gasteiger partial charge in [0.05, 0.1) is 11.1 Å². The molecule has 0 fully saturated rings. The van der Waals surface area contributed by atoms with Gasteiger partial charge in [-0.15, -0.1) is 11.3 Å². The summed E-state index contributed by atoms with van der Waals surface area (Å²) in [7, 11) is -1.86. The zero-order valence-corrected chi connectivity index (χ0v) is 21.2. The maximum atomic E-state index is 12.0. The Hall–Kier alpha value is -1.59. The van der Waals surface area contributed by atoms with Crippen molar-refractivity contribution in [3.05, 3.63) is 40.3 Å². The predicted molar refractivity (Wildman–Crippen MR) is 127 cm³/mol. The van der Waals surface area contributed by atoms with E-state index in [4.69, 9.17) is 4.74 Å². The van der Waals surface area contributed by atoms with E-state index < -0.39 is 8.07 Å². The molecule has 0 aliphatic heterocycles. The first-order valence-electron chi connectivity index (χ1n) is 10.3. The monoisotopic (exact) mass is 432 g/mol. The lowest BCUT2D eigenvalue weighted by Gasteiger charge is -2.29. The van der Waals surface area contributed by atoms with E-state index >= 15 is 0 Å². The van der Waals surface area contributed by atoms with Crippen molar-refractivity contribution >= 4 is 29.7 Å². The number of benzene rings is 1. The molecule has 0 saturated heterocycles. The van der Waals surface area contributed by atoms with Crippen LogP contribution in [0, 0.1) is 0 Å². The molecule has 0 radical (unpaired) electrons. The number of hydrogen-bond donors (Lipinski definition) is 1. The van der Waals surface area contributed by atoms with Gasteiger partial charge < -0.3 is 9.84 Å². The molecular formula is C24H36O3SSi. The van der Waals surface area contributed by atoms with Crippen molar-refractivity contribution in [2.24, 2.45) is 0 Å². The molecule has 0 bridgehead atoms. The highest BCUT2D eigenvalue weighted by atomic mass is 32.1. The Morgan fingerprint density at radius 2 is 1.55 bits per heavy atom. The summed E-state index contributed by atoms with van der Waals surface area (Å²) in [4.78, 5) is 12.8. The molecule has 0 amide bonds. The van der Waals surface area contributed by atoms with E-state index in [0.29, 0.717) is 18.4 Å². The van der Waals surface area contributed by atoms with Crippen molar-refractivity contribution in [3.8, 4) is 11.5 Å². The summed E-state index contributed by atoms with van der Waals surface area (Å²) in [5.41, 5.74) is 1.46. The minimum Gasteiger partial charge on any atom is -0.507 e. The lowest BCUT2D eigenvalue weighted by atomic mass is 9.79. The third-order valence-corrected chi connectivity index (χ3v) is 10.4. The van der Waals surface area contributed by atoms with Gasteiger partial charge in [-0.25, -0.2) is 0 Å². The van der Waals surface area contributed by atoms with Crippen molar-refractivity contribution in [1.82, 2.24) is 0 Å². The zero-order valence-electron chi connectivity index (χ0n) is 19.4.